The van der Waals surface area contributed by atoms with Crippen LogP contribution in [0.5, 0.6) is 0 Å². The molecular formula is C10H18N2O2. The van der Waals surface area contributed by atoms with Crippen molar-refractivity contribution < 1.29 is 9.47 Å². The smallest absolute Gasteiger partial charge is 0.209 e. The summed E-state index contributed by atoms with van der Waals surface area (Å²) in [4.78, 5) is 8.87. The summed E-state index contributed by atoms with van der Waals surface area (Å²) >= 11 is 0. The Bertz CT molecular complexity index is 259. The van der Waals surface area contributed by atoms with Crippen molar-refractivity contribution in [3.05, 3.63) is 0 Å². The number of methoxy groups -OCH3 is 2. The second-order valence-electron chi connectivity index (χ2n) is 3.71. The highest BCUT2D eigenvalue weighted by atomic mass is 16.5. The minimum Gasteiger partial charge on any atom is -0.483 e. The van der Waals surface area contributed by atoms with Gasteiger partial charge in [0.05, 0.1) is 14.2 Å². The second kappa shape index (κ2) is 4.44. The van der Waals surface area contributed by atoms with Gasteiger partial charge in [0, 0.05) is 0 Å². The van der Waals surface area contributed by atoms with Crippen molar-refractivity contribution in [2.45, 2.75) is 32.9 Å². The Hall–Kier alpha value is -1.06. The molecule has 1 aliphatic rings. The van der Waals surface area contributed by atoms with Crippen molar-refractivity contribution in [3.8, 4) is 0 Å². The number of hydrogen-bond acceptors (Lipinski definition) is 4. The summed E-state index contributed by atoms with van der Waals surface area (Å²) in [7, 11) is 3.26. The first-order valence-electron chi connectivity index (χ1n) is 4.83. The molecule has 0 fully saturated rings. The lowest BCUT2D eigenvalue weighted by Crippen LogP contribution is -2.36. The van der Waals surface area contributed by atoms with Gasteiger partial charge in [0.2, 0.25) is 11.8 Å². The molecule has 1 rings (SSSR count). The summed E-state index contributed by atoms with van der Waals surface area (Å²) in [6, 6.07) is -0.0453. The largest absolute Gasteiger partial charge is 0.483 e. The van der Waals surface area contributed by atoms with E-state index in [1.165, 1.54) is 0 Å². The SMILES string of the molecule is COC1=N[C@@H](C(C)C)C(OC)=N[C@H]1C. The molecule has 1 aliphatic heterocycles. The van der Waals surface area contributed by atoms with Crippen molar-refractivity contribution in [1.29, 1.82) is 0 Å². The molecule has 2 atom stereocenters. The summed E-state index contributed by atoms with van der Waals surface area (Å²) < 4.78 is 10.4. The van der Waals surface area contributed by atoms with E-state index >= 15 is 0 Å². The Morgan fingerprint density at radius 2 is 1.64 bits per heavy atom. The molecule has 0 bridgehead atoms. The molecule has 14 heavy (non-hydrogen) atoms. The highest BCUT2D eigenvalue weighted by Crippen LogP contribution is 2.16. The van der Waals surface area contributed by atoms with Gasteiger partial charge in [0.1, 0.15) is 12.1 Å². The Labute approximate surface area is 85.0 Å². The van der Waals surface area contributed by atoms with Crippen LogP contribution in [0.2, 0.25) is 0 Å². The minimum absolute atomic E-state index is 0.00819. The lowest BCUT2D eigenvalue weighted by atomic mass is 10.0. The number of ether oxygens (including phenoxy) is 2. The van der Waals surface area contributed by atoms with Gasteiger partial charge < -0.3 is 9.47 Å². The molecule has 0 saturated heterocycles. The van der Waals surface area contributed by atoms with Crippen LogP contribution >= 0.6 is 0 Å². The molecule has 0 saturated carbocycles. The highest BCUT2D eigenvalue weighted by Gasteiger charge is 2.28. The number of aliphatic imine (C=N–C) groups is 2. The fraction of sp³-hybridized carbons (Fsp3) is 0.800. The summed E-state index contributed by atoms with van der Waals surface area (Å²) in [6.07, 6.45) is 0. The van der Waals surface area contributed by atoms with Crippen LogP contribution in [0.15, 0.2) is 9.98 Å². The molecule has 0 N–H and O–H groups in total. The standard InChI is InChI=1S/C10H18N2O2/c1-6(2)8-10(14-5)11-7(3)9(12-8)13-4/h6-8H,1-5H3/t7-,8-/m0/s1. The van der Waals surface area contributed by atoms with E-state index in [1.807, 2.05) is 6.92 Å². The zero-order chi connectivity index (χ0) is 10.7. The third-order valence-corrected chi connectivity index (χ3v) is 2.25. The molecule has 0 aliphatic carbocycles. The van der Waals surface area contributed by atoms with Crippen molar-refractivity contribution in [2.24, 2.45) is 15.9 Å². The van der Waals surface area contributed by atoms with Crippen molar-refractivity contribution in [1.82, 2.24) is 0 Å². The zero-order valence-electron chi connectivity index (χ0n) is 9.44. The van der Waals surface area contributed by atoms with E-state index in [-0.39, 0.29) is 12.1 Å². The molecule has 0 unspecified atom stereocenters. The van der Waals surface area contributed by atoms with E-state index < -0.39 is 0 Å². The van der Waals surface area contributed by atoms with Crippen LogP contribution in [0.3, 0.4) is 0 Å². The molecule has 0 radical (unpaired) electrons. The van der Waals surface area contributed by atoms with E-state index in [0.717, 1.165) is 0 Å². The molecule has 0 aromatic rings. The van der Waals surface area contributed by atoms with Crippen LogP contribution in [0, 0.1) is 5.92 Å². The molecular weight excluding hydrogens is 180 g/mol. The van der Waals surface area contributed by atoms with Gasteiger partial charge in [0.15, 0.2) is 0 Å². The van der Waals surface area contributed by atoms with Crippen molar-refractivity contribution in [2.75, 3.05) is 14.2 Å². The maximum atomic E-state index is 5.22. The molecule has 1 heterocycles. The summed E-state index contributed by atoms with van der Waals surface area (Å²) in [5, 5.41) is 0. The average molecular weight is 198 g/mol. The summed E-state index contributed by atoms with van der Waals surface area (Å²) in [6.45, 7) is 6.12. The van der Waals surface area contributed by atoms with Crippen LogP contribution in [0.1, 0.15) is 20.8 Å². The first-order chi connectivity index (χ1) is 6.60. The molecule has 4 nitrogen and oxygen atoms in total. The van der Waals surface area contributed by atoms with E-state index in [0.29, 0.717) is 17.7 Å². The third kappa shape index (κ3) is 2.05. The maximum Gasteiger partial charge on any atom is 0.209 e. The van der Waals surface area contributed by atoms with Crippen LogP contribution in [0.4, 0.5) is 0 Å². The van der Waals surface area contributed by atoms with Crippen molar-refractivity contribution in [3.63, 3.8) is 0 Å². The molecule has 0 aromatic carbocycles. The van der Waals surface area contributed by atoms with Gasteiger partial charge in [-0.15, -0.1) is 0 Å². The highest BCUT2D eigenvalue weighted by molar-refractivity contribution is 5.93. The topological polar surface area (TPSA) is 43.2 Å². The van der Waals surface area contributed by atoms with E-state index in [4.69, 9.17) is 9.47 Å². The van der Waals surface area contributed by atoms with Gasteiger partial charge >= 0.3 is 0 Å². The Morgan fingerprint density at radius 3 is 2.07 bits per heavy atom. The van der Waals surface area contributed by atoms with Crippen LogP contribution < -0.4 is 0 Å². The first-order valence-corrected chi connectivity index (χ1v) is 4.83. The van der Waals surface area contributed by atoms with Gasteiger partial charge in [-0.2, -0.15) is 0 Å². The predicted octanol–water partition coefficient (Wildman–Crippen LogP) is 1.50. The molecule has 0 aromatic heterocycles. The fourth-order valence-corrected chi connectivity index (χ4v) is 1.45. The monoisotopic (exact) mass is 198 g/mol. The third-order valence-electron chi connectivity index (χ3n) is 2.25. The van der Waals surface area contributed by atoms with E-state index in [1.54, 1.807) is 14.2 Å². The van der Waals surface area contributed by atoms with Crippen LogP contribution in [-0.2, 0) is 9.47 Å². The lowest BCUT2D eigenvalue weighted by Gasteiger charge is -2.25. The van der Waals surface area contributed by atoms with Gasteiger partial charge in [0.25, 0.3) is 0 Å². The normalized spacial score (nSPS) is 27.0. The van der Waals surface area contributed by atoms with Gasteiger partial charge in [-0.1, -0.05) is 13.8 Å². The molecule has 0 spiro atoms. The number of rotatable bonds is 1. The summed E-state index contributed by atoms with van der Waals surface area (Å²) in [5.74, 6) is 1.75. The number of hydrogen-bond donors (Lipinski definition) is 0. The first kappa shape index (κ1) is 11.0. The lowest BCUT2D eigenvalue weighted by molar-refractivity contribution is 0.335. The number of nitrogens with zero attached hydrogens (tertiary/aromatic N) is 2. The molecule has 0 amide bonds. The van der Waals surface area contributed by atoms with Gasteiger partial charge in [-0.05, 0) is 12.8 Å². The Morgan fingerprint density at radius 1 is 1.07 bits per heavy atom. The van der Waals surface area contributed by atoms with Crippen LogP contribution in [0.25, 0.3) is 0 Å². The van der Waals surface area contributed by atoms with Gasteiger partial charge in [-0.25, -0.2) is 9.98 Å². The van der Waals surface area contributed by atoms with Crippen LogP contribution in [-0.4, -0.2) is 38.1 Å². The van der Waals surface area contributed by atoms with E-state index in [9.17, 15) is 0 Å². The average Bonchev–Trinajstić information content (AvgIpc) is 2.16. The second-order valence-corrected chi connectivity index (χ2v) is 3.71. The maximum absolute atomic E-state index is 5.22. The Balaban J connectivity index is 2.91. The minimum atomic E-state index is -0.0371. The quantitative estimate of drug-likeness (QED) is 0.641. The predicted molar refractivity (Wildman–Crippen MR) is 57.0 cm³/mol. The molecule has 80 valence electrons. The fourth-order valence-electron chi connectivity index (χ4n) is 1.45. The van der Waals surface area contributed by atoms with Gasteiger partial charge in [-0.3, -0.25) is 0 Å². The van der Waals surface area contributed by atoms with Crippen molar-refractivity contribution >= 4 is 11.8 Å². The van der Waals surface area contributed by atoms with E-state index in [2.05, 4.69) is 23.8 Å². The Kier molecular flexibility index (Phi) is 3.49. The zero-order valence-corrected chi connectivity index (χ0v) is 9.44. The summed E-state index contributed by atoms with van der Waals surface area (Å²) in [5.41, 5.74) is 0. The molecule has 4 heteroatoms.